The van der Waals surface area contributed by atoms with E-state index in [-0.39, 0.29) is 6.10 Å². The number of hydrogen-bond acceptors (Lipinski definition) is 1. The van der Waals surface area contributed by atoms with Gasteiger partial charge in [0.25, 0.3) is 0 Å². The van der Waals surface area contributed by atoms with Gasteiger partial charge in [0.05, 0.1) is 6.10 Å². The highest BCUT2D eigenvalue weighted by molar-refractivity contribution is 4.99. The Labute approximate surface area is 67.8 Å². The molecule has 0 aromatic carbocycles. The Hall–Kier alpha value is -0.0400. The first kappa shape index (κ1) is 6.47. The molecular formula is C10H16O. The summed E-state index contributed by atoms with van der Waals surface area (Å²) in [4.78, 5) is 0. The Balaban J connectivity index is 1.93. The Kier molecular flexibility index (Phi) is 1.18. The van der Waals surface area contributed by atoms with Crippen molar-refractivity contribution in [1.29, 1.82) is 0 Å². The molecule has 0 spiro atoms. The van der Waals surface area contributed by atoms with Crippen LogP contribution in [0.25, 0.3) is 0 Å². The van der Waals surface area contributed by atoms with E-state index >= 15 is 0 Å². The van der Waals surface area contributed by atoms with Crippen molar-refractivity contribution >= 4 is 0 Å². The van der Waals surface area contributed by atoms with Gasteiger partial charge in [-0.3, -0.25) is 0 Å². The van der Waals surface area contributed by atoms with E-state index in [4.69, 9.17) is 0 Å². The van der Waals surface area contributed by atoms with Crippen LogP contribution in [0.15, 0.2) is 0 Å². The van der Waals surface area contributed by atoms with E-state index in [1.807, 2.05) is 0 Å². The third-order valence-corrected chi connectivity index (χ3v) is 4.40. The van der Waals surface area contributed by atoms with E-state index in [9.17, 15) is 5.11 Å². The van der Waals surface area contributed by atoms with Gasteiger partial charge < -0.3 is 5.11 Å². The van der Waals surface area contributed by atoms with Crippen molar-refractivity contribution in [3.8, 4) is 0 Å². The topological polar surface area (TPSA) is 20.2 Å². The van der Waals surface area contributed by atoms with E-state index in [0.29, 0.717) is 5.92 Å². The van der Waals surface area contributed by atoms with Crippen molar-refractivity contribution in [3.05, 3.63) is 0 Å². The van der Waals surface area contributed by atoms with Gasteiger partial charge in [-0.2, -0.15) is 0 Å². The fourth-order valence-corrected chi connectivity index (χ4v) is 3.85. The molecule has 0 radical (unpaired) electrons. The van der Waals surface area contributed by atoms with E-state index < -0.39 is 0 Å². The van der Waals surface area contributed by atoms with Gasteiger partial charge in [-0.05, 0) is 55.8 Å². The van der Waals surface area contributed by atoms with Gasteiger partial charge in [-0.15, -0.1) is 0 Å². The molecule has 5 atom stereocenters. The molecule has 1 heteroatoms. The molecule has 0 amide bonds. The maximum absolute atomic E-state index is 9.72. The molecule has 3 aliphatic rings. The van der Waals surface area contributed by atoms with Crippen LogP contribution < -0.4 is 0 Å². The zero-order valence-electron chi connectivity index (χ0n) is 6.87. The second-order valence-electron chi connectivity index (χ2n) is 4.80. The van der Waals surface area contributed by atoms with Gasteiger partial charge in [0.2, 0.25) is 0 Å². The lowest BCUT2D eigenvalue weighted by atomic mass is 9.79. The fraction of sp³-hybridized carbons (Fsp3) is 1.00. The highest BCUT2D eigenvalue weighted by Crippen LogP contribution is 2.55. The first-order valence-corrected chi connectivity index (χ1v) is 5.02. The SMILES string of the molecule is O[C@@H]1C[C@H]2C[C@H]1[C@H]1CC[C@@H]2C1. The molecule has 62 valence electrons. The maximum Gasteiger partial charge on any atom is 0.0573 e. The molecule has 0 saturated heterocycles. The summed E-state index contributed by atoms with van der Waals surface area (Å²) in [6.45, 7) is 0. The first-order valence-electron chi connectivity index (χ1n) is 5.02. The summed E-state index contributed by atoms with van der Waals surface area (Å²) in [6, 6.07) is 0. The van der Waals surface area contributed by atoms with Crippen molar-refractivity contribution in [3.63, 3.8) is 0 Å². The lowest BCUT2D eigenvalue weighted by Gasteiger charge is -2.26. The molecule has 3 fully saturated rings. The number of rotatable bonds is 0. The zero-order valence-corrected chi connectivity index (χ0v) is 6.87. The highest BCUT2D eigenvalue weighted by Gasteiger charge is 2.49. The molecule has 1 N–H and O–H groups in total. The monoisotopic (exact) mass is 152 g/mol. The Morgan fingerprint density at radius 2 is 1.64 bits per heavy atom. The average molecular weight is 152 g/mol. The van der Waals surface area contributed by atoms with Crippen LogP contribution in [-0.4, -0.2) is 11.2 Å². The zero-order chi connectivity index (χ0) is 7.42. The summed E-state index contributed by atoms with van der Waals surface area (Å²) >= 11 is 0. The van der Waals surface area contributed by atoms with Crippen molar-refractivity contribution in [2.75, 3.05) is 0 Å². The van der Waals surface area contributed by atoms with Crippen LogP contribution in [0.3, 0.4) is 0 Å². The average Bonchev–Trinajstić information content (AvgIpc) is 2.49. The largest absolute Gasteiger partial charge is 0.393 e. The molecule has 3 aliphatic carbocycles. The number of fused-ring (bicyclic) bond motifs is 6. The molecule has 0 aromatic rings. The molecule has 0 heterocycles. The molecule has 0 aromatic heterocycles. The van der Waals surface area contributed by atoms with Crippen LogP contribution in [0.5, 0.6) is 0 Å². The maximum atomic E-state index is 9.72. The van der Waals surface area contributed by atoms with Gasteiger partial charge in [0.15, 0.2) is 0 Å². The van der Waals surface area contributed by atoms with E-state index in [1.165, 1.54) is 25.7 Å². The predicted octanol–water partition coefficient (Wildman–Crippen LogP) is 1.80. The van der Waals surface area contributed by atoms with Gasteiger partial charge >= 0.3 is 0 Å². The van der Waals surface area contributed by atoms with Crippen LogP contribution in [0.1, 0.15) is 32.1 Å². The van der Waals surface area contributed by atoms with Crippen LogP contribution in [0.2, 0.25) is 0 Å². The summed E-state index contributed by atoms with van der Waals surface area (Å²) in [6.07, 6.45) is 6.91. The first-order chi connectivity index (χ1) is 5.34. The molecule has 3 saturated carbocycles. The van der Waals surface area contributed by atoms with Gasteiger partial charge in [0, 0.05) is 0 Å². The van der Waals surface area contributed by atoms with Crippen molar-refractivity contribution in [1.82, 2.24) is 0 Å². The lowest BCUT2D eigenvalue weighted by molar-refractivity contribution is 0.0999. The van der Waals surface area contributed by atoms with Crippen molar-refractivity contribution in [2.45, 2.75) is 38.2 Å². The normalized spacial score (nSPS) is 60.3. The molecule has 11 heavy (non-hydrogen) atoms. The summed E-state index contributed by atoms with van der Waals surface area (Å²) in [5.41, 5.74) is 0. The minimum absolute atomic E-state index is 0.0790. The van der Waals surface area contributed by atoms with E-state index in [0.717, 1.165) is 24.2 Å². The Morgan fingerprint density at radius 1 is 0.818 bits per heavy atom. The summed E-state index contributed by atoms with van der Waals surface area (Å²) in [5.74, 6) is 3.54. The smallest absolute Gasteiger partial charge is 0.0573 e. The number of aliphatic hydroxyl groups is 1. The van der Waals surface area contributed by atoms with Crippen molar-refractivity contribution < 1.29 is 5.11 Å². The Morgan fingerprint density at radius 3 is 2.55 bits per heavy atom. The van der Waals surface area contributed by atoms with Crippen LogP contribution >= 0.6 is 0 Å². The lowest BCUT2D eigenvalue weighted by Crippen LogP contribution is -2.22. The second-order valence-corrected chi connectivity index (χ2v) is 4.80. The number of aliphatic hydroxyl groups excluding tert-OH is 1. The molecule has 1 nitrogen and oxygen atoms in total. The minimum atomic E-state index is 0.0790. The van der Waals surface area contributed by atoms with Crippen molar-refractivity contribution in [2.24, 2.45) is 23.7 Å². The Bertz CT molecular complexity index is 178. The van der Waals surface area contributed by atoms with Gasteiger partial charge in [-0.25, -0.2) is 0 Å². The summed E-state index contributed by atoms with van der Waals surface area (Å²) < 4.78 is 0. The highest BCUT2D eigenvalue weighted by atomic mass is 16.3. The van der Waals surface area contributed by atoms with Crippen LogP contribution in [0, 0.1) is 23.7 Å². The third kappa shape index (κ3) is 0.752. The quantitative estimate of drug-likeness (QED) is 0.561. The standard InChI is InChI=1S/C10H16O/c11-10-5-8-4-9(10)7-2-1-6(8)3-7/h6-11H,1-5H2/t6-,7+,8-,9+,10-/m1/s1. The summed E-state index contributed by atoms with van der Waals surface area (Å²) in [7, 11) is 0. The third-order valence-electron chi connectivity index (χ3n) is 4.40. The van der Waals surface area contributed by atoms with E-state index in [1.54, 1.807) is 0 Å². The van der Waals surface area contributed by atoms with Crippen LogP contribution in [-0.2, 0) is 0 Å². The molecular weight excluding hydrogens is 136 g/mol. The molecule has 4 bridgehead atoms. The van der Waals surface area contributed by atoms with Gasteiger partial charge in [0.1, 0.15) is 0 Å². The van der Waals surface area contributed by atoms with Gasteiger partial charge in [-0.1, -0.05) is 0 Å². The molecule has 0 aliphatic heterocycles. The molecule has 0 unspecified atom stereocenters. The molecule has 3 rings (SSSR count). The second kappa shape index (κ2) is 2.01. The minimum Gasteiger partial charge on any atom is -0.393 e. The predicted molar refractivity (Wildman–Crippen MR) is 43.1 cm³/mol. The fourth-order valence-electron chi connectivity index (χ4n) is 3.85. The number of hydrogen-bond donors (Lipinski definition) is 1. The van der Waals surface area contributed by atoms with E-state index in [2.05, 4.69) is 0 Å². The van der Waals surface area contributed by atoms with Crippen LogP contribution in [0.4, 0.5) is 0 Å². The summed E-state index contributed by atoms with van der Waals surface area (Å²) in [5, 5.41) is 9.72.